The molecule has 1 aromatic heterocycles. The predicted octanol–water partition coefficient (Wildman–Crippen LogP) is 4.16. The Morgan fingerprint density at radius 3 is 2.68 bits per heavy atom. The van der Waals surface area contributed by atoms with Crippen LogP contribution in [0.5, 0.6) is 0 Å². The number of aryl methyl sites for hydroxylation is 1. The molecule has 5 rings (SSSR count). The molecule has 0 spiro atoms. The summed E-state index contributed by atoms with van der Waals surface area (Å²) in [5.41, 5.74) is 3.33. The summed E-state index contributed by atoms with van der Waals surface area (Å²) in [7, 11) is 0. The third-order valence-electron chi connectivity index (χ3n) is 6.39. The van der Waals surface area contributed by atoms with E-state index in [2.05, 4.69) is 26.8 Å². The van der Waals surface area contributed by atoms with Gasteiger partial charge in [0.2, 0.25) is 0 Å². The van der Waals surface area contributed by atoms with Crippen LogP contribution in [0.1, 0.15) is 55.8 Å². The second-order valence-corrected chi connectivity index (χ2v) is 8.61. The van der Waals surface area contributed by atoms with Gasteiger partial charge in [0.25, 0.3) is 0 Å². The van der Waals surface area contributed by atoms with E-state index in [9.17, 15) is 0 Å². The maximum absolute atomic E-state index is 6.24. The van der Waals surface area contributed by atoms with E-state index in [4.69, 9.17) is 21.7 Å². The molecule has 0 aromatic carbocycles. The molecule has 1 fully saturated rings. The van der Waals surface area contributed by atoms with Gasteiger partial charge in [0.05, 0.1) is 23.6 Å². The van der Waals surface area contributed by atoms with Crippen molar-refractivity contribution in [1.82, 2.24) is 19.9 Å². The van der Waals surface area contributed by atoms with Crippen LogP contribution in [0.3, 0.4) is 0 Å². The van der Waals surface area contributed by atoms with Crippen molar-refractivity contribution in [3.8, 4) is 0 Å². The van der Waals surface area contributed by atoms with E-state index in [1.54, 1.807) is 6.20 Å². The molecule has 146 valence electrons. The van der Waals surface area contributed by atoms with E-state index in [0.29, 0.717) is 17.9 Å². The third kappa shape index (κ3) is 3.24. The summed E-state index contributed by atoms with van der Waals surface area (Å²) in [5.74, 6) is 2.04. The van der Waals surface area contributed by atoms with Crippen LogP contribution >= 0.6 is 11.6 Å². The van der Waals surface area contributed by atoms with E-state index in [0.717, 1.165) is 67.3 Å². The van der Waals surface area contributed by atoms with Gasteiger partial charge in [-0.3, -0.25) is 15.0 Å². The molecule has 0 amide bonds. The number of aromatic nitrogens is 2. The van der Waals surface area contributed by atoms with Crippen molar-refractivity contribution in [3.05, 3.63) is 46.9 Å². The van der Waals surface area contributed by atoms with Crippen molar-refractivity contribution in [2.75, 3.05) is 6.54 Å². The highest BCUT2D eigenvalue weighted by Crippen LogP contribution is 2.38. The first-order chi connectivity index (χ1) is 13.7. The topological polar surface area (TPSA) is 57.0 Å². The average molecular weight is 397 g/mol. The first kappa shape index (κ1) is 17.9. The molecule has 28 heavy (non-hydrogen) atoms. The Labute approximate surface area is 170 Å². The van der Waals surface area contributed by atoms with Crippen molar-refractivity contribution in [3.63, 3.8) is 0 Å². The fourth-order valence-electron chi connectivity index (χ4n) is 4.84. The number of fused-ring (bicyclic) bond motifs is 2. The fraction of sp³-hybridized carbons (Fsp3) is 0.524. The Kier molecular flexibility index (Phi) is 4.67. The highest BCUT2D eigenvalue weighted by molar-refractivity contribution is 6.31. The minimum atomic E-state index is 0.417. The zero-order valence-corrected chi connectivity index (χ0v) is 16.9. The monoisotopic (exact) mass is 396 g/mol. The van der Waals surface area contributed by atoms with Crippen LogP contribution < -0.4 is 0 Å². The molecule has 2 aliphatic heterocycles. The van der Waals surface area contributed by atoms with Gasteiger partial charge >= 0.3 is 0 Å². The highest BCUT2D eigenvalue weighted by Gasteiger charge is 2.35. The number of hydrogen-bond donors (Lipinski definition) is 0. The quantitative estimate of drug-likeness (QED) is 0.753. The Hall–Kier alpha value is -2.21. The highest BCUT2D eigenvalue weighted by atomic mass is 35.5. The van der Waals surface area contributed by atoms with Gasteiger partial charge in [0.1, 0.15) is 12.2 Å². The van der Waals surface area contributed by atoms with Crippen LogP contribution in [0.2, 0.25) is 0 Å². The number of nitrogens with zero attached hydrogens (tertiary/aromatic N) is 6. The van der Waals surface area contributed by atoms with Crippen molar-refractivity contribution in [2.45, 2.75) is 57.4 Å². The summed E-state index contributed by atoms with van der Waals surface area (Å²) in [6.07, 6.45) is 16.1. The molecule has 2 aliphatic carbocycles. The molecule has 1 aromatic rings. The van der Waals surface area contributed by atoms with Crippen molar-refractivity contribution < 1.29 is 0 Å². The Morgan fingerprint density at radius 2 is 1.86 bits per heavy atom. The number of allylic oxidation sites excluding steroid dienone is 2. The Morgan fingerprint density at radius 1 is 1.04 bits per heavy atom. The molecule has 0 bridgehead atoms. The number of hydrazone groups is 1. The smallest absolute Gasteiger partial charge is 0.149 e. The molecular formula is C21H25ClN6. The predicted molar refractivity (Wildman–Crippen MR) is 111 cm³/mol. The summed E-state index contributed by atoms with van der Waals surface area (Å²) in [4.78, 5) is 16.0. The number of hydrogen-bond acceptors (Lipinski definition) is 6. The summed E-state index contributed by atoms with van der Waals surface area (Å²) in [6, 6.07) is 0.417. The molecule has 4 aliphatic rings. The largest absolute Gasteiger partial charge is 0.314 e. The minimum absolute atomic E-state index is 0.417. The van der Waals surface area contributed by atoms with Gasteiger partial charge < -0.3 is 4.90 Å². The molecule has 3 heterocycles. The zero-order chi connectivity index (χ0) is 19.1. The van der Waals surface area contributed by atoms with Crippen molar-refractivity contribution in [1.29, 1.82) is 0 Å². The van der Waals surface area contributed by atoms with Gasteiger partial charge in [0, 0.05) is 41.5 Å². The SMILES string of the molecule is Cc1nccnc1C1CCC(N2N=CN3CC4CCC(Cl)=CC4=NC=C32)CC1. The lowest BCUT2D eigenvalue weighted by molar-refractivity contribution is 0.180. The lowest BCUT2D eigenvalue weighted by atomic mass is 9.83. The lowest BCUT2D eigenvalue weighted by Gasteiger charge is -2.35. The Balaban J connectivity index is 1.30. The molecule has 1 unspecified atom stereocenters. The third-order valence-corrected chi connectivity index (χ3v) is 6.69. The van der Waals surface area contributed by atoms with E-state index in [1.807, 2.05) is 24.8 Å². The molecule has 1 atom stereocenters. The van der Waals surface area contributed by atoms with Gasteiger partial charge in [-0.2, -0.15) is 5.10 Å². The average Bonchev–Trinajstić information content (AvgIpc) is 3.02. The number of aliphatic imine (C=N–C) groups is 1. The Bertz CT molecular complexity index is 881. The van der Waals surface area contributed by atoms with Gasteiger partial charge in [-0.25, -0.2) is 5.01 Å². The lowest BCUT2D eigenvalue weighted by Crippen LogP contribution is -2.36. The maximum Gasteiger partial charge on any atom is 0.149 e. The van der Waals surface area contributed by atoms with E-state index < -0.39 is 0 Å². The molecule has 0 saturated heterocycles. The summed E-state index contributed by atoms with van der Waals surface area (Å²) >= 11 is 6.24. The van der Waals surface area contributed by atoms with Gasteiger partial charge in [-0.05, 0) is 51.5 Å². The molecule has 0 N–H and O–H groups in total. The van der Waals surface area contributed by atoms with Crippen LogP contribution in [0.15, 0.2) is 45.6 Å². The zero-order valence-electron chi connectivity index (χ0n) is 16.1. The van der Waals surface area contributed by atoms with Crippen molar-refractivity contribution in [2.24, 2.45) is 16.0 Å². The van der Waals surface area contributed by atoms with Crippen LogP contribution in [0.4, 0.5) is 0 Å². The van der Waals surface area contributed by atoms with E-state index in [1.165, 1.54) is 5.69 Å². The normalized spacial score (nSPS) is 29.5. The van der Waals surface area contributed by atoms with Gasteiger partial charge in [-0.15, -0.1) is 0 Å². The first-order valence-corrected chi connectivity index (χ1v) is 10.6. The molecule has 0 radical (unpaired) electrons. The number of rotatable bonds is 2. The number of halogens is 1. The first-order valence-electron chi connectivity index (χ1n) is 10.2. The van der Waals surface area contributed by atoms with E-state index in [-0.39, 0.29) is 0 Å². The van der Waals surface area contributed by atoms with E-state index >= 15 is 0 Å². The van der Waals surface area contributed by atoms with Crippen molar-refractivity contribution >= 4 is 23.7 Å². The van der Waals surface area contributed by atoms with Crippen LogP contribution in [-0.2, 0) is 0 Å². The van der Waals surface area contributed by atoms with Gasteiger partial charge in [0.15, 0.2) is 0 Å². The van der Waals surface area contributed by atoms with Crippen LogP contribution in [-0.4, -0.2) is 44.5 Å². The second-order valence-electron chi connectivity index (χ2n) is 8.13. The second kappa shape index (κ2) is 7.32. The standard InChI is InChI=1S/C21H25ClN6/c1-14-21(24-9-8-23-14)15-3-6-18(7-4-15)28-20-11-25-19-10-17(22)5-2-16(19)12-27(20)13-26-28/h8-11,13,15-16,18H,2-7,12H2,1H3. The molecule has 1 saturated carbocycles. The summed E-state index contributed by atoms with van der Waals surface area (Å²) < 4.78 is 0. The van der Waals surface area contributed by atoms with Crippen LogP contribution in [0.25, 0.3) is 0 Å². The minimum Gasteiger partial charge on any atom is -0.314 e. The summed E-state index contributed by atoms with van der Waals surface area (Å²) in [6.45, 7) is 2.99. The van der Waals surface area contributed by atoms with Gasteiger partial charge in [-0.1, -0.05) is 11.6 Å². The summed E-state index contributed by atoms with van der Waals surface area (Å²) in [5, 5.41) is 7.84. The fourth-order valence-corrected chi connectivity index (χ4v) is 5.06. The maximum atomic E-state index is 6.24. The molecule has 6 nitrogen and oxygen atoms in total. The molecular weight excluding hydrogens is 372 g/mol. The molecule has 7 heteroatoms. The van der Waals surface area contributed by atoms with Crippen LogP contribution in [0, 0.1) is 12.8 Å².